The smallest absolute Gasteiger partial charge is 0.115 e. The molecule has 146 valence electrons. The number of aromatic hydroxyl groups is 1. The van der Waals surface area contributed by atoms with Gasteiger partial charge in [-0.2, -0.15) is 0 Å². The second kappa shape index (κ2) is 9.38. The Kier molecular flexibility index (Phi) is 6.92. The molecule has 0 saturated carbocycles. The highest BCUT2D eigenvalue weighted by atomic mass is 16.3. The summed E-state index contributed by atoms with van der Waals surface area (Å²) in [6.07, 6.45) is 3.49. The first-order valence-corrected chi connectivity index (χ1v) is 10.2. The normalized spacial score (nSPS) is 21.4. The lowest BCUT2D eigenvalue weighted by molar-refractivity contribution is 0.195. The van der Waals surface area contributed by atoms with Gasteiger partial charge in [-0.3, -0.25) is 0 Å². The second-order valence-electron chi connectivity index (χ2n) is 8.29. The molecule has 0 bridgehead atoms. The summed E-state index contributed by atoms with van der Waals surface area (Å²) in [4.78, 5) is 2.51. The number of phenols is 1. The Bertz CT molecular complexity index is 695. The molecule has 0 spiro atoms. The van der Waals surface area contributed by atoms with Gasteiger partial charge in [-0.1, -0.05) is 48.9 Å². The third kappa shape index (κ3) is 5.57. The van der Waals surface area contributed by atoms with Crippen molar-refractivity contribution in [3.8, 4) is 5.75 Å². The van der Waals surface area contributed by atoms with Crippen molar-refractivity contribution in [3.63, 3.8) is 0 Å². The highest BCUT2D eigenvalue weighted by Crippen LogP contribution is 2.30. The van der Waals surface area contributed by atoms with E-state index in [2.05, 4.69) is 43.0 Å². The van der Waals surface area contributed by atoms with Gasteiger partial charge in [0, 0.05) is 26.2 Å². The van der Waals surface area contributed by atoms with Crippen molar-refractivity contribution in [3.05, 3.63) is 65.2 Å². The van der Waals surface area contributed by atoms with Crippen LogP contribution in [0.2, 0.25) is 0 Å². The maximum absolute atomic E-state index is 9.83. The molecule has 1 aliphatic rings. The first-order chi connectivity index (χ1) is 13.0. The van der Waals surface area contributed by atoms with Crippen molar-refractivity contribution < 1.29 is 10.2 Å². The summed E-state index contributed by atoms with van der Waals surface area (Å²) in [7, 11) is 0. The molecule has 0 aliphatic carbocycles. The number of likely N-dealkylation sites (tertiary alicyclic amines) is 1. The SMILES string of the molecule is Cc1ccc(CCC[C@@H]2CN(CC(C)c3ccc(O)cc3)C[C@@H]2CO)cc1. The van der Waals surface area contributed by atoms with Gasteiger partial charge in [0.05, 0.1) is 0 Å². The maximum atomic E-state index is 9.83. The molecule has 1 aliphatic heterocycles. The van der Waals surface area contributed by atoms with Crippen LogP contribution in [0.5, 0.6) is 5.75 Å². The van der Waals surface area contributed by atoms with E-state index in [1.54, 1.807) is 12.1 Å². The number of benzene rings is 2. The minimum atomic E-state index is 0.291. The molecule has 1 fully saturated rings. The van der Waals surface area contributed by atoms with E-state index in [4.69, 9.17) is 0 Å². The first kappa shape index (κ1) is 19.9. The lowest BCUT2D eigenvalue weighted by atomic mass is 9.91. The lowest BCUT2D eigenvalue weighted by Crippen LogP contribution is -2.26. The van der Waals surface area contributed by atoms with Crippen molar-refractivity contribution in [1.82, 2.24) is 4.90 Å². The number of aliphatic hydroxyl groups excluding tert-OH is 1. The van der Waals surface area contributed by atoms with Crippen LogP contribution in [0.1, 0.15) is 42.4 Å². The van der Waals surface area contributed by atoms with E-state index < -0.39 is 0 Å². The molecule has 1 unspecified atom stereocenters. The molecule has 2 aromatic carbocycles. The molecule has 1 saturated heterocycles. The molecule has 3 nitrogen and oxygen atoms in total. The summed E-state index contributed by atoms with van der Waals surface area (Å²) in [6.45, 7) is 7.75. The molecule has 3 atom stereocenters. The van der Waals surface area contributed by atoms with E-state index in [-0.39, 0.29) is 0 Å². The van der Waals surface area contributed by atoms with Crippen LogP contribution >= 0.6 is 0 Å². The van der Waals surface area contributed by atoms with Crippen LogP contribution in [0.3, 0.4) is 0 Å². The topological polar surface area (TPSA) is 43.7 Å². The molecular weight excluding hydrogens is 334 g/mol. The third-order valence-corrected chi connectivity index (χ3v) is 6.04. The van der Waals surface area contributed by atoms with Gasteiger partial charge in [-0.25, -0.2) is 0 Å². The fourth-order valence-electron chi connectivity index (χ4n) is 4.34. The van der Waals surface area contributed by atoms with Crippen LogP contribution in [0.25, 0.3) is 0 Å². The highest BCUT2D eigenvalue weighted by Gasteiger charge is 2.32. The Balaban J connectivity index is 1.48. The molecule has 2 aromatic rings. The zero-order valence-electron chi connectivity index (χ0n) is 16.6. The molecule has 3 heteroatoms. The van der Waals surface area contributed by atoms with E-state index in [1.165, 1.54) is 29.5 Å². The summed E-state index contributed by atoms with van der Waals surface area (Å²) in [5.74, 6) is 1.74. The van der Waals surface area contributed by atoms with Crippen LogP contribution in [0.4, 0.5) is 0 Å². The van der Waals surface area contributed by atoms with Gasteiger partial charge in [0.1, 0.15) is 5.75 Å². The van der Waals surface area contributed by atoms with E-state index in [0.29, 0.717) is 30.1 Å². The van der Waals surface area contributed by atoms with E-state index in [1.807, 2.05) is 12.1 Å². The molecule has 2 N–H and O–H groups in total. The van der Waals surface area contributed by atoms with E-state index >= 15 is 0 Å². The zero-order chi connectivity index (χ0) is 19.2. The predicted molar refractivity (Wildman–Crippen MR) is 111 cm³/mol. The number of aryl methyl sites for hydroxylation is 2. The fraction of sp³-hybridized carbons (Fsp3) is 0.500. The van der Waals surface area contributed by atoms with Gasteiger partial charge < -0.3 is 15.1 Å². The number of rotatable bonds is 8. The second-order valence-corrected chi connectivity index (χ2v) is 8.29. The van der Waals surface area contributed by atoms with E-state index in [0.717, 1.165) is 26.1 Å². The maximum Gasteiger partial charge on any atom is 0.115 e. The minimum Gasteiger partial charge on any atom is -0.508 e. The van der Waals surface area contributed by atoms with Crippen molar-refractivity contribution in [2.45, 2.75) is 39.0 Å². The van der Waals surface area contributed by atoms with Gasteiger partial charge >= 0.3 is 0 Å². The quantitative estimate of drug-likeness (QED) is 0.728. The largest absolute Gasteiger partial charge is 0.508 e. The van der Waals surface area contributed by atoms with Crippen LogP contribution in [0, 0.1) is 18.8 Å². The third-order valence-electron chi connectivity index (χ3n) is 6.04. The molecule has 0 amide bonds. The Hall–Kier alpha value is -1.84. The number of aliphatic hydroxyl groups is 1. The van der Waals surface area contributed by atoms with Gasteiger partial charge in [0.15, 0.2) is 0 Å². The average molecular weight is 368 g/mol. The molecule has 1 heterocycles. The molecular formula is C24H33NO2. The summed E-state index contributed by atoms with van der Waals surface area (Å²) in [5.41, 5.74) is 3.99. The number of hydrogen-bond acceptors (Lipinski definition) is 3. The van der Waals surface area contributed by atoms with Gasteiger partial charge in [-0.05, 0) is 67.2 Å². The monoisotopic (exact) mass is 367 g/mol. The number of hydrogen-bond donors (Lipinski definition) is 2. The Morgan fingerprint density at radius 2 is 1.67 bits per heavy atom. The van der Waals surface area contributed by atoms with Crippen LogP contribution in [-0.2, 0) is 6.42 Å². The van der Waals surface area contributed by atoms with Crippen molar-refractivity contribution in [2.75, 3.05) is 26.2 Å². The van der Waals surface area contributed by atoms with E-state index in [9.17, 15) is 10.2 Å². The average Bonchev–Trinajstić information content (AvgIpc) is 3.05. The van der Waals surface area contributed by atoms with Crippen molar-refractivity contribution in [2.24, 2.45) is 11.8 Å². The van der Waals surface area contributed by atoms with Crippen molar-refractivity contribution in [1.29, 1.82) is 0 Å². The molecule has 0 aromatic heterocycles. The Morgan fingerprint density at radius 3 is 2.33 bits per heavy atom. The standard InChI is InChI=1S/C24H33NO2/c1-18-6-8-20(9-7-18)4-3-5-22-15-25(16-23(22)17-26)14-19(2)21-10-12-24(27)13-11-21/h6-13,19,22-23,26-27H,3-5,14-17H2,1-2H3/t19?,22-,23-/m1/s1. The summed E-state index contributed by atoms with van der Waals surface area (Å²) >= 11 is 0. The van der Waals surface area contributed by atoms with Crippen LogP contribution in [-0.4, -0.2) is 41.4 Å². The molecule has 0 radical (unpaired) electrons. The number of phenolic OH excluding ortho intramolecular Hbond substituents is 1. The van der Waals surface area contributed by atoms with Crippen molar-refractivity contribution >= 4 is 0 Å². The Labute approximate surface area is 163 Å². The lowest BCUT2D eigenvalue weighted by Gasteiger charge is -2.21. The summed E-state index contributed by atoms with van der Waals surface area (Å²) in [5, 5.41) is 19.3. The minimum absolute atomic E-state index is 0.291. The zero-order valence-corrected chi connectivity index (χ0v) is 16.6. The summed E-state index contributed by atoms with van der Waals surface area (Å²) in [6, 6.07) is 16.4. The van der Waals surface area contributed by atoms with Gasteiger partial charge in [-0.15, -0.1) is 0 Å². The predicted octanol–water partition coefficient (Wildman–Crippen LogP) is 4.37. The molecule has 3 rings (SSSR count). The van der Waals surface area contributed by atoms with Crippen LogP contribution < -0.4 is 0 Å². The van der Waals surface area contributed by atoms with Gasteiger partial charge in [0.25, 0.3) is 0 Å². The van der Waals surface area contributed by atoms with Crippen LogP contribution in [0.15, 0.2) is 48.5 Å². The first-order valence-electron chi connectivity index (χ1n) is 10.2. The number of nitrogens with zero attached hydrogens (tertiary/aromatic N) is 1. The van der Waals surface area contributed by atoms with Gasteiger partial charge in [0.2, 0.25) is 0 Å². The molecule has 27 heavy (non-hydrogen) atoms. The fourth-order valence-corrected chi connectivity index (χ4v) is 4.34. The summed E-state index contributed by atoms with van der Waals surface area (Å²) < 4.78 is 0. The Morgan fingerprint density at radius 1 is 1.00 bits per heavy atom. The highest BCUT2D eigenvalue weighted by molar-refractivity contribution is 5.28.